The van der Waals surface area contributed by atoms with Crippen molar-refractivity contribution in [2.75, 3.05) is 33.3 Å². The van der Waals surface area contributed by atoms with E-state index in [2.05, 4.69) is 21.9 Å². The topological polar surface area (TPSA) is 61.5 Å². The van der Waals surface area contributed by atoms with Gasteiger partial charge in [-0.3, -0.25) is 9.69 Å². The first kappa shape index (κ1) is 18.2. The maximum atomic E-state index is 13.0. The average Bonchev–Trinajstić information content (AvgIpc) is 3.16. The number of nitrogens with one attached hydrogen (secondary N) is 1. The monoisotopic (exact) mass is 390 g/mol. The molecular formula is C23H26N4O2. The van der Waals surface area contributed by atoms with Crippen LogP contribution in [-0.4, -0.2) is 64.5 Å². The van der Waals surface area contributed by atoms with Crippen LogP contribution >= 0.6 is 0 Å². The van der Waals surface area contributed by atoms with Gasteiger partial charge in [-0.2, -0.15) is 0 Å². The zero-order chi connectivity index (χ0) is 19.8. The highest BCUT2D eigenvalue weighted by Gasteiger charge is 2.51. The maximum Gasteiger partial charge on any atom is 0.270 e. The summed E-state index contributed by atoms with van der Waals surface area (Å²) in [6.07, 6.45) is 3.92. The van der Waals surface area contributed by atoms with Crippen LogP contribution in [-0.2, 0) is 0 Å². The Hall–Kier alpha value is -2.86. The van der Waals surface area contributed by atoms with E-state index >= 15 is 0 Å². The van der Waals surface area contributed by atoms with Crippen LogP contribution in [0.3, 0.4) is 0 Å². The van der Waals surface area contributed by atoms with E-state index in [0.717, 1.165) is 43.4 Å². The number of likely N-dealkylation sites (N-methyl/N-ethyl adjacent to an activating group) is 1. The number of likely N-dealkylation sites (tertiary alicyclic amines) is 2. The minimum atomic E-state index is 0.0675. The van der Waals surface area contributed by atoms with Crippen LogP contribution in [0, 0.1) is 5.92 Å². The number of rotatable bonds is 4. The van der Waals surface area contributed by atoms with Crippen LogP contribution in [0.2, 0.25) is 0 Å². The summed E-state index contributed by atoms with van der Waals surface area (Å²) in [5.74, 6) is 1.26. The first-order chi connectivity index (χ1) is 14.1. The maximum absolute atomic E-state index is 13.0. The van der Waals surface area contributed by atoms with Crippen LogP contribution in [0.1, 0.15) is 23.3 Å². The molecule has 4 heterocycles. The zero-order valence-corrected chi connectivity index (χ0v) is 16.7. The lowest BCUT2D eigenvalue weighted by Gasteiger charge is -2.58. The van der Waals surface area contributed by atoms with Gasteiger partial charge in [-0.25, -0.2) is 4.98 Å². The van der Waals surface area contributed by atoms with Gasteiger partial charge in [0.15, 0.2) is 0 Å². The predicted octanol–water partition coefficient (Wildman–Crippen LogP) is 3.18. The van der Waals surface area contributed by atoms with E-state index in [9.17, 15) is 4.79 Å². The Morgan fingerprint density at radius 1 is 1.24 bits per heavy atom. The third-order valence-electron chi connectivity index (χ3n) is 6.47. The SMILES string of the molecule is CN1CCC(COc2ccccn2)CC12CN(C(=O)c1cc3ccccc3[nH]1)C2. The molecule has 0 radical (unpaired) electrons. The molecule has 29 heavy (non-hydrogen) atoms. The summed E-state index contributed by atoms with van der Waals surface area (Å²) in [7, 11) is 2.18. The number of ether oxygens (including phenoxy) is 1. The molecule has 2 saturated heterocycles. The number of aromatic amines is 1. The van der Waals surface area contributed by atoms with Crippen LogP contribution in [0.15, 0.2) is 54.7 Å². The molecule has 6 heteroatoms. The molecule has 1 N–H and O–H groups in total. The number of hydrogen-bond acceptors (Lipinski definition) is 4. The minimum Gasteiger partial charge on any atom is -0.477 e. The van der Waals surface area contributed by atoms with Crippen molar-refractivity contribution >= 4 is 16.8 Å². The number of nitrogens with zero attached hydrogens (tertiary/aromatic N) is 3. The van der Waals surface area contributed by atoms with E-state index in [1.165, 1.54) is 0 Å². The molecule has 0 bridgehead atoms. The second kappa shape index (κ2) is 7.19. The number of hydrogen-bond donors (Lipinski definition) is 1. The first-order valence-electron chi connectivity index (χ1n) is 10.3. The Morgan fingerprint density at radius 2 is 2.07 bits per heavy atom. The fourth-order valence-electron chi connectivity index (χ4n) is 4.72. The van der Waals surface area contributed by atoms with Crippen LogP contribution < -0.4 is 4.74 Å². The number of para-hydroxylation sites is 1. The Bertz CT molecular complexity index is 977. The van der Waals surface area contributed by atoms with E-state index in [0.29, 0.717) is 24.1 Å². The van der Waals surface area contributed by atoms with E-state index in [-0.39, 0.29) is 11.4 Å². The smallest absolute Gasteiger partial charge is 0.270 e. The lowest BCUT2D eigenvalue weighted by molar-refractivity contribution is -0.0697. The molecule has 1 aromatic carbocycles. The highest BCUT2D eigenvalue weighted by molar-refractivity contribution is 5.98. The highest BCUT2D eigenvalue weighted by Crippen LogP contribution is 2.39. The number of amides is 1. The summed E-state index contributed by atoms with van der Waals surface area (Å²) in [6.45, 7) is 3.27. The second-order valence-corrected chi connectivity index (χ2v) is 8.42. The molecule has 1 spiro atoms. The molecule has 0 saturated carbocycles. The molecule has 5 rings (SSSR count). The van der Waals surface area contributed by atoms with Crippen molar-refractivity contribution in [3.63, 3.8) is 0 Å². The van der Waals surface area contributed by atoms with Gasteiger partial charge >= 0.3 is 0 Å². The summed E-state index contributed by atoms with van der Waals surface area (Å²) in [5.41, 5.74) is 1.75. The summed E-state index contributed by atoms with van der Waals surface area (Å²) in [6, 6.07) is 15.7. The van der Waals surface area contributed by atoms with Gasteiger partial charge in [-0.05, 0) is 50.6 Å². The fourth-order valence-corrected chi connectivity index (χ4v) is 4.72. The molecule has 1 atom stereocenters. The van der Waals surface area contributed by atoms with E-state index in [4.69, 9.17) is 4.74 Å². The Balaban J connectivity index is 1.22. The van der Waals surface area contributed by atoms with E-state index < -0.39 is 0 Å². The molecule has 3 aromatic rings. The van der Waals surface area contributed by atoms with Gasteiger partial charge in [-0.15, -0.1) is 0 Å². The van der Waals surface area contributed by atoms with Gasteiger partial charge in [0.2, 0.25) is 5.88 Å². The molecular weight excluding hydrogens is 364 g/mol. The molecule has 1 unspecified atom stereocenters. The predicted molar refractivity (Wildman–Crippen MR) is 112 cm³/mol. The Kier molecular flexibility index (Phi) is 4.51. The molecule has 2 aliphatic rings. The zero-order valence-electron chi connectivity index (χ0n) is 16.7. The number of carbonyl (C=O) groups is 1. The number of carbonyl (C=O) groups excluding carboxylic acids is 1. The van der Waals surface area contributed by atoms with Gasteiger partial charge < -0.3 is 14.6 Å². The van der Waals surface area contributed by atoms with Crippen molar-refractivity contribution in [2.45, 2.75) is 18.4 Å². The van der Waals surface area contributed by atoms with E-state index in [1.807, 2.05) is 53.4 Å². The van der Waals surface area contributed by atoms with Crippen molar-refractivity contribution in [3.05, 3.63) is 60.4 Å². The molecule has 6 nitrogen and oxygen atoms in total. The van der Waals surface area contributed by atoms with Crippen LogP contribution in [0.4, 0.5) is 0 Å². The number of fused-ring (bicyclic) bond motifs is 1. The third kappa shape index (κ3) is 3.38. The van der Waals surface area contributed by atoms with Crippen molar-refractivity contribution < 1.29 is 9.53 Å². The Labute approximate surface area is 170 Å². The summed E-state index contributed by atoms with van der Waals surface area (Å²) < 4.78 is 5.90. The number of piperidine rings is 1. The molecule has 2 aromatic heterocycles. The molecule has 150 valence electrons. The quantitative estimate of drug-likeness (QED) is 0.743. The first-order valence-corrected chi connectivity index (χ1v) is 10.3. The Morgan fingerprint density at radius 3 is 2.86 bits per heavy atom. The number of pyridine rings is 1. The van der Waals surface area contributed by atoms with Crippen LogP contribution in [0.25, 0.3) is 10.9 Å². The third-order valence-corrected chi connectivity index (χ3v) is 6.47. The van der Waals surface area contributed by atoms with Crippen molar-refractivity contribution in [1.82, 2.24) is 19.8 Å². The van der Waals surface area contributed by atoms with Gasteiger partial charge in [-0.1, -0.05) is 24.3 Å². The standard InChI is InChI=1S/C23H26N4O2/c1-26-11-9-17(14-29-21-8-4-5-10-24-21)13-23(26)15-27(16-23)22(28)20-12-18-6-2-3-7-19(18)25-20/h2-8,10,12,17,25H,9,11,13-16H2,1H3. The lowest BCUT2D eigenvalue weighted by atomic mass is 9.75. The fraction of sp³-hybridized carbons (Fsp3) is 0.391. The minimum absolute atomic E-state index is 0.0675. The second-order valence-electron chi connectivity index (χ2n) is 8.42. The lowest BCUT2D eigenvalue weighted by Crippen LogP contribution is -2.72. The number of H-pyrrole nitrogens is 1. The summed E-state index contributed by atoms with van der Waals surface area (Å²) >= 11 is 0. The van der Waals surface area contributed by atoms with Crippen molar-refractivity contribution in [2.24, 2.45) is 5.92 Å². The molecule has 0 aliphatic carbocycles. The average molecular weight is 390 g/mol. The van der Waals surface area contributed by atoms with Crippen molar-refractivity contribution in [1.29, 1.82) is 0 Å². The van der Waals surface area contributed by atoms with E-state index in [1.54, 1.807) is 6.20 Å². The van der Waals surface area contributed by atoms with Crippen LogP contribution in [0.5, 0.6) is 5.88 Å². The van der Waals surface area contributed by atoms with Gasteiger partial charge in [0.25, 0.3) is 5.91 Å². The molecule has 2 aliphatic heterocycles. The molecule has 1 amide bonds. The summed E-state index contributed by atoms with van der Waals surface area (Å²) in [5, 5.41) is 1.08. The van der Waals surface area contributed by atoms with Gasteiger partial charge in [0, 0.05) is 36.3 Å². The summed E-state index contributed by atoms with van der Waals surface area (Å²) in [4.78, 5) is 24.9. The largest absolute Gasteiger partial charge is 0.477 e. The molecule has 2 fully saturated rings. The van der Waals surface area contributed by atoms with Crippen molar-refractivity contribution in [3.8, 4) is 5.88 Å². The number of benzene rings is 1. The highest BCUT2D eigenvalue weighted by atomic mass is 16.5. The van der Waals surface area contributed by atoms with Gasteiger partial charge in [0.1, 0.15) is 5.69 Å². The number of aromatic nitrogens is 2. The normalized spacial score (nSPS) is 21.3. The van der Waals surface area contributed by atoms with Gasteiger partial charge in [0.05, 0.1) is 12.1 Å².